The summed E-state index contributed by atoms with van der Waals surface area (Å²) in [6.07, 6.45) is 3.98. The molecule has 1 aromatic carbocycles. The van der Waals surface area contributed by atoms with Crippen LogP contribution in [-0.2, 0) is 6.42 Å². The zero-order valence-electron chi connectivity index (χ0n) is 11.4. The van der Waals surface area contributed by atoms with Gasteiger partial charge in [-0.25, -0.2) is 0 Å². The maximum Gasteiger partial charge on any atom is 0.261 e. The number of aromatic nitrogens is 3. The quantitative estimate of drug-likeness (QED) is 0.792. The summed E-state index contributed by atoms with van der Waals surface area (Å²) >= 11 is 0. The Morgan fingerprint density at radius 2 is 2.19 bits per heavy atom. The van der Waals surface area contributed by atoms with E-state index in [0.29, 0.717) is 23.6 Å². The van der Waals surface area contributed by atoms with Crippen LogP contribution in [0.1, 0.15) is 11.4 Å². The molecule has 0 saturated carbocycles. The van der Waals surface area contributed by atoms with Crippen molar-refractivity contribution in [2.24, 2.45) is 0 Å². The van der Waals surface area contributed by atoms with E-state index in [0.717, 1.165) is 5.56 Å². The van der Waals surface area contributed by atoms with Crippen LogP contribution in [0, 0.1) is 0 Å². The van der Waals surface area contributed by atoms with E-state index >= 15 is 0 Å². The zero-order valence-corrected chi connectivity index (χ0v) is 11.4. The van der Waals surface area contributed by atoms with E-state index < -0.39 is 0 Å². The summed E-state index contributed by atoms with van der Waals surface area (Å²) in [6, 6.07) is 8.69. The second-order valence-corrected chi connectivity index (χ2v) is 4.44. The predicted octanol–water partition coefficient (Wildman–Crippen LogP) is 2.44. The van der Waals surface area contributed by atoms with Crippen LogP contribution in [0.15, 0.2) is 47.2 Å². The molecule has 21 heavy (non-hydrogen) atoms. The smallest absolute Gasteiger partial charge is 0.261 e. The van der Waals surface area contributed by atoms with Crippen molar-refractivity contribution in [3.63, 3.8) is 0 Å². The lowest BCUT2D eigenvalue weighted by Crippen LogP contribution is -1.91. The van der Waals surface area contributed by atoms with Crippen LogP contribution in [0.5, 0.6) is 11.5 Å². The Bertz CT molecular complexity index is 741. The van der Waals surface area contributed by atoms with Crippen molar-refractivity contribution in [2.75, 3.05) is 7.11 Å². The van der Waals surface area contributed by atoms with E-state index in [1.807, 2.05) is 12.1 Å². The second kappa shape index (κ2) is 5.62. The van der Waals surface area contributed by atoms with Gasteiger partial charge in [0, 0.05) is 24.9 Å². The Labute approximate surface area is 121 Å². The summed E-state index contributed by atoms with van der Waals surface area (Å²) in [5.41, 5.74) is 1.46. The highest BCUT2D eigenvalue weighted by Gasteiger charge is 2.14. The van der Waals surface area contributed by atoms with Gasteiger partial charge in [-0.1, -0.05) is 11.2 Å². The molecule has 0 aliphatic carbocycles. The first-order valence-corrected chi connectivity index (χ1v) is 6.35. The molecule has 0 unspecified atom stereocenters. The van der Waals surface area contributed by atoms with Gasteiger partial charge in [-0.15, -0.1) is 0 Å². The van der Waals surface area contributed by atoms with Crippen LogP contribution in [0.2, 0.25) is 0 Å². The van der Waals surface area contributed by atoms with Crippen molar-refractivity contribution in [1.29, 1.82) is 0 Å². The molecule has 0 atom stereocenters. The van der Waals surface area contributed by atoms with Gasteiger partial charge in [0.05, 0.1) is 12.7 Å². The SMILES string of the molecule is COc1ccc(-c2nc(Cc3cccnc3)no2)c(O)c1. The lowest BCUT2D eigenvalue weighted by Gasteiger charge is -2.02. The number of pyridine rings is 1. The maximum absolute atomic E-state index is 9.96. The third-order valence-electron chi connectivity index (χ3n) is 2.99. The van der Waals surface area contributed by atoms with Gasteiger partial charge in [-0.3, -0.25) is 4.98 Å². The van der Waals surface area contributed by atoms with Gasteiger partial charge in [0.15, 0.2) is 5.82 Å². The lowest BCUT2D eigenvalue weighted by atomic mass is 10.2. The minimum absolute atomic E-state index is 0.0333. The van der Waals surface area contributed by atoms with Gasteiger partial charge in [0.2, 0.25) is 0 Å². The van der Waals surface area contributed by atoms with E-state index in [-0.39, 0.29) is 11.6 Å². The Morgan fingerprint density at radius 1 is 1.29 bits per heavy atom. The average Bonchev–Trinajstić information content (AvgIpc) is 2.96. The molecule has 2 aromatic heterocycles. The fraction of sp³-hybridized carbons (Fsp3) is 0.133. The lowest BCUT2D eigenvalue weighted by molar-refractivity contribution is 0.404. The van der Waals surface area contributed by atoms with Crippen molar-refractivity contribution in [3.05, 3.63) is 54.1 Å². The number of phenolic OH excluding ortho intramolecular Hbond substituents is 1. The third-order valence-corrected chi connectivity index (χ3v) is 2.99. The molecule has 106 valence electrons. The van der Waals surface area contributed by atoms with Gasteiger partial charge < -0.3 is 14.4 Å². The average molecular weight is 283 g/mol. The van der Waals surface area contributed by atoms with Crippen LogP contribution < -0.4 is 4.74 Å². The number of ether oxygens (including phenoxy) is 1. The molecule has 0 aliphatic rings. The van der Waals surface area contributed by atoms with Crippen molar-refractivity contribution in [2.45, 2.75) is 6.42 Å². The standard InChI is InChI=1S/C15H13N3O3/c1-20-11-4-5-12(13(19)8-11)15-17-14(18-21-15)7-10-3-2-6-16-9-10/h2-6,8-9,19H,7H2,1H3. The first-order valence-electron chi connectivity index (χ1n) is 6.35. The highest BCUT2D eigenvalue weighted by molar-refractivity contribution is 5.63. The molecule has 0 spiro atoms. The molecule has 2 heterocycles. The summed E-state index contributed by atoms with van der Waals surface area (Å²) in [5, 5.41) is 13.9. The molecule has 0 bridgehead atoms. The van der Waals surface area contributed by atoms with E-state index in [1.54, 1.807) is 24.5 Å². The van der Waals surface area contributed by atoms with Crippen LogP contribution in [0.25, 0.3) is 11.5 Å². The molecular weight excluding hydrogens is 270 g/mol. The van der Waals surface area contributed by atoms with E-state index in [1.165, 1.54) is 13.2 Å². The molecule has 1 N–H and O–H groups in total. The maximum atomic E-state index is 9.96. The molecule has 0 amide bonds. The van der Waals surface area contributed by atoms with E-state index in [4.69, 9.17) is 9.26 Å². The summed E-state index contributed by atoms with van der Waals surface area (Å²) in [7, 11) is 1.53. The number of hydrogen-bond donors (Lipinski definition) is 1. The van der Waals surface area contributed by atoms with E-state index in [9.17, 15) is 5.11 Å². The highest BCUT2D eigenvalue weighted by Crippen LogP contribution is 2.31. The molecular formula is C15H13N3O3. The molecule has 6 nitrogen and oxygen atoms in total. The number of nitrogens with zero attached hydrogens (tertiary/aromatic N) is 3. The minimum atomic E-state index is 0.0333. The largest absolute Gasteiger partial charge is 0.507 e. The highest BCUT2D eigenvalue weighted by atomic mass is 16.5. The van der Waals surface area contributed by atoms with Crippen molar-refractivity contribution >= 4 is 0 Å². The van der Waals surface area contributed by atoms with Gasteiger partial charge in [0.25, 0.3) is 5.89 Å². The Balaban J connectivity index is 1.85. The zero-order chi connectivity index (χ0) is 14.7. The summed E-state index contributed by atoms with van der Waals surface area (Å²) in [4.78, 5) is 8.32. The van der Waals surface area contributed by atoms with Crippen LogP contribution in [0.3, 0.4) is 0 Å². The fourth-order valence-corrected chi connectivity index (χ4v) is 1.94. The number of phenols is 1. The number of hydrogen-bond acceptors (Lipinski definition) is 6. The molecule has 3 aromatic rings. The Hall–Kier alpha value is -2.89. The van der Waals surface area contributed by atoms with Crippen LogP contribution in [0.4, 0.5) is 0 Å². The van der Waals surface area contributed by atoms with Gasteiger partial charge in [-0.2, -0.15) is 4.98 Å². The van der Waals surface area contributed by atoms with Crippen molar-refractivity contribution in [1.82, 2.24) is 15.1 Å². The Morgan fingerprint density at radius 3 is 2.90 bits per heavy atom. The van der Waals surface area contributed by atoms with Gasteiger partial charge in [0.1, 0.15) is 11.5 Å². The second-order valence-electron chi connectivity index (χ2n) is 4.44. The van der Waals surface area contributed by atoms with Gasteiger partial charge >= 0.3 is 0 Å². The van der Waals surface area contributed by atoms with Crippen molar-refractivity contribution < 1.29 is 14.4 Å². The number of aromatic hydroxyl groups is 1. The van der Waals surface area contributed by atoms with E-state index in [2.05, 4.69) is 15.1 Å². The van der Waals surface area contributed by atoms with Crippen LogP contribution in [-0.4, -0.2) is 27.3 Å². The Kier molecular flexibility index (Phi) is 3.51. The van der Waals surface area contributed by atoms with Crippen molar-refractivity contribution in [3.8, 4) is 23.0 Å². The molecule has 0 fully saturated rings. The van der Waals surface area contributed by atoms with Crippen LogP contribution >= 0.6 is 0 Å². The normalized spacial score (nSPS) is 10.5. The molecule has 0 radical (unpaired) electrons. The summed E-state index contributed by atoms with van der Waals surface area (Å²) in [5.74, 6) is 1.40. The first kappa shape index (κ1) is 13.1. The summed E-state index contributed by atoms with van der Waals surface area (Å²) in [6.45, 7) is 0. The van der Waals surface area contributed by atoms with Gasteiger partial charge in [-0.05, 0) is 23.8 Å². The molecule has 0 saturated heterocycles. The molecule has 3 rings (SSSR count). The summed E-state index contributed by atoms with van der Waals surface area (Å²) < 4.78 is 10.2. The monoisotopic (exact) mass is 283 g/mol. The first-order chi connectivity index (χ1) is 10.3. The molecule has 6 heteroatoms. The third kappa shape index (κ3) is 2.84. The minimum Gasteiger partial charge on any atom is -0.507 e. The fourth-order valence-electron chi connectivity index (χ4n) is 1.94. The number of benzene rings is 1. The molecule has 0 aliphatic heterocycles. The number of methoxy groups -OCH3 is 1. The number of rotatable bonds is 4. The topological polar surface area (TPSA) is 81.3 Å². The predicted molar refractivity (Wildman–Crippen MR) is 75.0 cm³/mol.